The molecule has 0 N–H and O–H groups in total. The van der Waals surface area contributed by atoms with Gasteiger partial charge in [-0.3, -0.25) is 18.9 Å². The van der Waals surface area contributed by atoms with E-state index in [1.165, 1.54) is 15.1 Å². The zero-order valence-corrected chi connectivity index (χ0v) is 22.6. The zero-order valence-electron chi connectivity index (χ0n) is 21.8. The fourth-order valence-corrected chi connectivity index (χ4v) is 6.32. The molecule has 0 saturated carbocycles. The van der Waals surface area contributed by atoms with Crippen molar-refractivity contribution in [2.45, 2.75) is 50.7 Å². The van der Waals surface area contributed by atoms with Crippen LogP contribution >= 0.6 is 11.6 Å². The Morgan fingerprint density at radius 1 is 1.18 bits per heavy atom. The van der Waals surface area contributed by atoms with Crippen molar-refractivity contribution < 1.29 is 14.3 Å². The van der Waals surface area contributed by atoms with Crippen molar-refractivity contribution in [1.82, 2.24) is 18.9 Å². The average Bonchev–Trinajstić information content (AvgIpc) is 3.35. The summed E-state index contributed by atoms with van der Waals surface area (Å²) in [6.45, 7) is 6.59. The first-order valence-corrected chi connectivity index (χ1v) is 13.3. The molecule has 6 rings (SSSR count). The van der Waals surface area contributed by atoms with E-state index in [0.29, 0.717) is 23.5 Å². The first-order chi connectivity index (χ1) is 18.7. The van der Waals surface area contributed by atoms with Gasteiger partial charge in [0.15, 0.2) is 11.1 Å². The number of carbonyl (C=O) groups is 1. The summed E-state index contributed by atoms with van der Waals surface area (Å²) in [5.74, 6) is -0.0222. The van der Waals surface area contributed by atoms with Crippen molar-refractivity contribution in [2.24, 2.45) is 0 Å². The summed E-state index contributed by atoms with van der Waals surface area (Å²) < 4.78 is 15.9. The van der Waals surface area contributed by atoms with Crippen molar-refractivity contribution in [3.63, 3.8) is 0 Å². The number of halogens is 1. The lowest BCUT2D eigenvalue weighted by molar-refractivity contribution is 0.0523. The molecule has 1 fully saturated rings. The van der Waals surface area contributed by atoms with E-state index in [0.717, 1.165) is 11.1 Å². The van der Waals surface area contributed by atoms with Gasteiger partial charge in [-0.15, -0.1) is 16.7 Å². The summed E-state index contributed by atoms with van der Waals surface area (Å²) >= 11 is 6.94. The van der Waals surface area contributed by atoms with Crippen LogP contribution in [0.15, 0.2) is 64.4 Å². The molecular formula is C28H28ClN5O5. The van der Waals surface area contributed by atoms with Crippen molar-refractivity contribution in [1.29, 1.82) is 0 Å². The fraction of sp³-hybridized carbons (Fsp3) is 0.357. The second-order valence-corrected chi connectivity index (χ2v) is 10.9. The van der Waals surface area contributed by atoms with Gasteiger partial charge < -0.3 is 9.47 Å². The van der Waals surface area contributed by atoms with Gasteiger partial charge in [0, 0.05) is 24.0 Å². The monoisotopic (exact) mass is 549 g/mol. The molecule has 3 aromatic heterocycles. The van der Waals surface area contributed by atoms with Crippen LogP contribution in [-0.2, 0) is 11.3 Å². The summed E-state index contributed by atoms with van der Waals surface area (Å²) in [5, 5.41) is 6.26. The molecule has 202 valence electrons. The Hall–Kier alpha value is -4.05. The van der Waals surface area contributed by atoms with Crippen LogP contribution in [0.1, 0.15) is 49.2 Å². The molecule has 0 radical (unpaired) electrons. The van der Waals surface area contributed by atoms with Gasteiger partial charge in [0.2, 0.25) is 0 Å². The molecule has 0 spiro atoms. The Labute approximate surface area is 228 Å². The van der Waals surface area contributed by atoms with Crippen molar-refractivity contribution in [3.8, 4) is 17.0 Å². The first-order valence-electron chi connectivity index (χ1n) is 12.9. The van der Waals surface area contributed by atoms with Gasteiger partial charge in [0.05, 0.1) is 35.8 Å². The van der Waals surface area contributed by atoms with Gasteiger partial charge in [-0.1, -0.05) is 6.07 Å². The van der Waals surface area contributed by atoms with Crippen LogP contribution in [0.4, 0.5) is 0 Å². The lowest BCUT2D eigenvalue weighted by Gasteiger charge is -2.44. The molecule has 4 aromatic rings. The highest BCUT2D eigenvalue weighted by Gasteiger charge is 2.50. The number of rotatable bonds is 6. The van der Waals surface area contributed by atoms with Crippen molar-refractivity contribution in [3.05, 3.63) is 86.7 Å². The van der Waals surface area contributed by atoms with Crippen LogP contribution in [0.3, 0.4) is 0 Å². The molecule has 1 unspecified atom stereocenters. The van der Waals surface area contributed by atoms with Crippen molar-refractivity contribution in [2.75, 3.05) is 18.2 Å². The summed E-state index contributed by atoms with van der Waals surface area (Å²) in [6.07, 6.45) is 3.95. The summed E-state index contributed by atoms with van der Waals surface area (Å²) in [6, 6.07) is 12.3. The molecule has 5 heterocycles. The smallest absolute Gasteiger partial charge is 0.350 e. The number of fused-ring (bicyclic) bond motifs is 7. The van der Waals surface area contributed by atoms with E-state index in [9.17, 15) is 14.4 Å². The molecule has 0 bridgehead atoms. The minimum absolute atomic E-state index is 0.0150. The number of hydrogen-bond acceptors (Lipinski definition) is 7. The Bertz CT molecular complexity index is 1720. The van der Waals surface area contributed by atoms with Gasteiger partial charge >= 0.3 is 11.7 Å². The summed E-state index contributed by atoms with van der Waals surface area (Å²) in [5.41, 5.74) is 2.03. The van der Waals surface area contributed by atoms with Gasteiger partial charge in [0.25, 0.3) is 0 Å². The molecule has 1 saturated heterocycles. The maximum atomic E-state index is 13.0. The number of hydrogen-bond donors (Lipinski definition) is 0. The molecule has 0 amide bonds. The number of aromatic nitrogens is 4. The molecular weight excluding hydrogens is 522 g/mol. The van der Waals surface area contributed by atoms with Crippen LogP contribution in [-0.4, -0.2) is 49.0 Å². The van der Waals surface area contributed by atoms with Gasteiger partial charge in [-0.2, -0.15) is 0 Å². The molecule has 10 nitrogen and oxygen atoms in total. The van der Waals surface area contributed by atoms with E-state index in [2.05, 4.69) is 24.0 Å². The van der Waals surface area contributed by atoms with Gasteiger partial charge in [-0.05, 0) is 63.1 Å². The molecule has 2 atom stereocenters. The highest BCUT2D eigenvalue weighted by atomic mass is 35.5. The van der Waals surface area contributed by atoms with Crippen LogP contribution in [0.5, 0.6) is 5.75 Å². The number of esters is 1. The van der Waals surface area contributed by atoms with Crippen LogP contribution in [0, 0.1) is 0 Å². The largest absolute Gasteiger partial charge is 0.492 e. The third-order valence-electron chi connectivity index (χ3n) is 7.36. The Morgan fingerprint density at radius 3 is 2.77 bits per heavy atom. The predicted molar refractivity (Wildman–Crippen MR) is 146 cm³/mol. The zero-order chi connectivity index (χ0) is 27.5. The topological polar surface area (TPSA) is 100 Å². The average molecular weight is 550 g/mol. The van der Waals surface area contributed by atoms with Crippen LogP contribution < -0.4 is 20.9 Å². The van der Waals surface area contributed by atoms with Crippen molar-refractivity contribution >= 4 is 23.2 Å². The van der Waals surface area contributed by atoms with Gasteiger partial charge in [0.1, 0.15) is 17.9 Å². The minimum atomic E-state index is -0.645. The first kappa shape index (κ1) is 25.2. The number of carbonyl (C=O) groups excluding carboxylic acids is 1. The Morgan fingerprint density at radius 2 is 2.00 bits per heavy atom. The van der Waals surface area contributed by atoms with E-state index in [1.54, 1.807) is 31.5 Å². The molecule has 11 heteroatoms. The standard InChI is InChI=1S/C28H28ClN5O5/c1-4-38-26(36)20-16-33-22(14-23(20)35)18-9-8-17(13-19(18)25-21(29)15-28(2,3)34(25)33)39-12-11-32-27(37)31-10-6-5-7-24(31)30-32/h5-10,13-14,16,21,25H,4,11-12,15H2,1-3H3/t21-,25?/m1/s1. The molecule has 1 aromatic carbocycles. The number of ether oxygens (including phenoxy) is 2. The molecule has 39 heavy (non-hydrogen) atoms. The predicted octanol–water partition coefficient (Wildman–Crippen LogP) is 3.36. The number of pyridine rings is 2. The van der Waals surface area contributed by atoms with E-state index >= 15 is 0 Å². The fourth-order valence-electron chi connectivity index (χ4n) is 5.70. The number of nitrogens with zero attached hydrogens (tertiary/aromatic N) is 5. The summed E-state index contributed by atoms with van der Waals surface area (Å²) in [7, 11) is 0. The molecule has 2 aliphatic heterocycles. The lowest BCUT2D eigenvalue weighted by atomic mass is 9.93. The van der Waals surface area contributed by atoms with E-state index in [4.69, 9.17) is 21.1 Å². The van der Waals surface area contributed by atoms with E-state index < -0.39 is 11.4 Å². The Kier molecular flexibility index (Phi) is 6.02. The van der Waals surface area contributed by atoms with Gasteiger partial charge in [-0.25, -0.2) is 14.3 Å². The SMILES string of the molecule is CCOC(=O)c1cn2c(cc1=O)-c1ccc(OCCn3nc4ccccn4c3=O)cc1C1[C@H](Cl)CC(C)(C)N12. The second kappa shape index (κ2) is 9.30. The number of alkyl halides is 1. The third kappa shape index (κ3) is 4.10. The van der Waals surface area contributed by atoms with E-state index in [-0.39, 0.29) is 48.0 Å². The quantitative estimate of drug-likeness (QED) is 0.268. The molecule has 0 aliphatic carbocycles. The Balaban J connectivity index is 1.35. The maximum Gasteiger partial charge on any atom is 0.350 e. The normalized spacial score (nSPS) is 18.9. The summed E-state index contributed by atoms with van der Waals surface area (Å²) in [4.78, 5) is 38.0. The van der Waals surface area contributed by atoms with Crippen LogP contribution in [0.2, 0.25) is 0 Å². The second-order valence-electron chi connectivity index (χ2n) is 10.4. The van der Waals surface area contributed by atoms with Crippen LogP contribution in [0.25, 0.3) is 16.9 Å². The van der Waals surface area contributed by atoms with E-state index in [1.807, 2.05) is 28.9 Å². The number of benzene rings is 1. The third-order valence-corrected chi connectivity index (χ3v) is 7.75. The lowest BCUT2D eigenvalue weighted by Crippen LogP contribution is -2.50. The highest BCUT2D eigenvalue weighted by molar-refractivity contribution is 6.21. The molecule has 2 aliphatic rings. The minimum Gasteiger partial charge on any atom is -0.492 e. The highest BCUT2D eigenvalue weighted by Crippen LogP contribution is 2.50. The maximum absolute atomic E-state index is 13.0.